The molecule has 15 heavy (non-hydrogen) atoms. The summed E-state index contributed by atoms with van der Waals surface area (Å²) in [6.45, 7) is 2.39. The number of hydrogen-bond donors (Lipinski definition) is 2. The summed E-state index contributed by atoms with van der Waals surface area (Å²) >= 11 is 0. The zero-order valence-corrected chi connectivity index (χ0v) is 9.28. The number of methoxy groups -OCH3 is 1. The maximum atomic E-state index is 11.3. The molecule has 0 spiro atoms. The monoisotopic (exact) mass is 217 g/mol. The predicted molar refractivity (Wildman–Crippen MR) is 55.6 cm³/mol. The molecule has 0 aromatic carbocycles. The molecule has 0 heterocycles. The van der Waals surface area contributed by atoms with E-state index < -0.39 is 12.0 Å². The lowest BCUT2D eigenvalue weighted by molar-refractivity contribution is -0.142. The normalized spacial score (nSPS) is 12.1. The Balaban J connectivity index is 3.84. The first-order valence-corrected chi connectivity index (χ1v) is 5.13. The van der Waals surface area contributed by atoms with Gasteiger partial charge in [-0.25, -0.2) is 4.79 Å². The number of carboxylic acid groups (broad SMARTS) is 1. The average molecular weight is 217 g/mol. The molecule has 0 saturated carbocycles. The van der Waals surface area contributed by atoms with Gasteiger partial charge in [-0.1, -0.05) is 13.3 Å². The minimum atomic E-state index is -0.975. The van der Waals surface area contributed by atoms with E-state index >= 15 is 0 Å². The van der Waals surface area contributed by atoms with Crippen molar-refractivity contribution in [2.45, 2.75) is 38.6 Å². The van der Waals surface area contributed by atoms with Crippen molar-refractivity contribution in [3.63, 3.8) is 0 Å². The van der Waals surface area contributed by atoms with Gasteiger partial charge in [-0.2, -0.15) is 0 Å². The molecule has 0 aliphatic heterocycles. The van der Waals surface area contributed by atoms with E-state index in [1.165, 1.54) is 0 Å². The first-order valence-electron chi connectivity index (χ1n) is 5.13. The fourth-order valence-corrected chi connectivity index (χ4v) is 1.19. The fraction of sp³-hybridized carbons (Fsp3) is 0.800. The Morgan fingerprint density at radius 3 is 2.60 bits per heavy atom. The highest BCUT2D eigenvalue weighted by Gasteiger charge is 2.17. The van der Waals surface area contributed by atoms with E-state index in [0.29, 0.717) is 25.9 Å². The predicted octanol–water partition coefficient (Wildman–Crippen LogP) is 0.782. The van der Waals surface area contributed by atoms with Crippen molar-refractivity contribution >= 4 is 11.9 Å². The van der Waals surface area contributed by atoms with Gasteiger partial charge in [0, 0.05) is 20.1 Å². The SMILES string of the molecule is CCC[C@@H](NC(=O)CCCOC)C(=O)O. The molecule has 0 aliphatic rings. The zero-order chi connectivity index (χ0) is 11.7. The molecule has 5 heteroatoms. The Labute approximate surface area is 89.8 Å². The minimum absolute atomic E-state index is 0.229. The molecule has 1 atom stereocenters. The average Bonchev–Trinajstić information content (AvgIpc) is 2.17. The molecule has 0 aromatic rings. The van der Waals surface area contributed by atoms with Crippen LogP contribution in [0.1, 0.15) is 32.6 Å². The maximum Gasteiger partial charge on any atom is 0.326 e. The molecule has 0 unspecified atom stereocenters. The highest BCUT2D eigenvalue weighted by molar-refractivity contribution is 5.83. The maximum absolute atomic E-state index is 11.3. The van der Waals surface area contributed by atoms with Gasteiger partial charge in [-0.05, 0) is 12.8 Å². The number of carbonyl (C=O) groups excluding carboxylic acids is 1. The molecule has 0 fully saturated rings. The van der Waals surface area contributed by atoms with Gasteiger partial charge < -0.3 is 15.2 Å². The first-order chi connectivity index (χ1) is 7.11. The smallest absolute Gasteiger partial charge is 0.326 e. The van der Waals surface area contributed by atoms with Crippen molar-refractivity contribution in [2.75, 3.05) is 13.7 Å². The Morgan fingerprint density at radius 2 is 2.13 bits per heavy atom. The summed E-state index contributed by atoms with van der Waals surface area (Å²) in [6, 6.07) is -0.759. The third kappa shape index (κ3) is 6.90. The Bertz CT molecular complexity index is 206. The van der Waals surface area contributed by atoms with Crippen molar-refractivity contribution < 1.29 is 19.4 Å². The first kappa shape index (κ1) is 13.9. The summed E-state index contributed by atoms with van der Waals surface area (Å²) in [6.07, 6.45) is 2.11. The van der Waals surface area contributed by atoms with Crippen LogP contribution in [0.25, 0.3) is 0 Å². The molecule has 88 valence electrons. The van der Waals surface area contributed by atoms with Crippen LogP contribution in [-0.4, -0.2) is 36.7 Å². The van der Waals surface area contributed by atoms with E-state index in [1.54, 1.807) is 7.11 Å². The van der Waals surface area contributed by atoms with Crippen molar-refractivity contribution in [2.24, 2.45) is 0 Å². The Morgan fingerprint density at radius 1 is 1.47 bits per heavy atom. The van der Waals surface area contributed by atoms with Crippen LogP contribution in [-0.2, 0) is 14.3 Å². The number of carbonyl (C=O) groups is 2. The second-order valence-electron chi connectivity index (χ2n) is 3.34. The van der Waals surface area contributed by atoms with Gasteiger partial charge in [-0.3, -0.25) is 4.79 Å². The molecule has 1 amide bonds. The highest BCUT2D eigenvalue weighted by atomic mass is 16.5. The topological polar surface area (TPSA) is 75.6 Å². The standard InChI is InChI=1S/C10H19NO4/c1-3-5-8(10(13)14)11-9(12)6-4-7-15-2/h8H,3-7H2,1-2H3,(H,11,12)(H,13,14)/t8-/m1/s1. The van der Waals surface area contributed by atoms with Crippen LogP contribution < -0.4 is 5.32 Å². The number of rotatable bonds is 8. The van der Waals surface area contributed by atoms with Gasteiger partial charge >= 0.3 is 5.97 Å². The summed E-state index contributed by atoms with van der Waals surface area (Å²) < 4.78 is 4.80. The molecular formula is C10H19NO4. The third-order valence-electron chi connectivity index (χ3n) is 1.96. The molecule has 5 nitrogen and oxygen atoms in total. The lowest BCUT2D eigenvalue weighted by Gasteiger charge is -2.13. The van der Waals surface area contributed by atoms with E-state index in [1.807, 2.05) is 6.92 Å². The summed E-state index contributed by atoms with van der Waals surface area (Å²) in [4.78, 5) is 22.0. The third-order valence-corrected chi connectivity index (χ3v) is 1.96. The molecule has 2 N–H and O–H groups in total. The molecule has 0 aliphatic carbocycles. The van der Waals surface area contributed by atoms with Crippen molar-refractivity contribution in [1.29, 1.82) is 0 Å². The van der Waals surface area contributed by atoms with Gasteiger partial charge in [-0.15, -0.1) is 0 Å². The van der Waals surface area contributed by atoms with Gasteiger partial charge in [0.25, 0.3) is 0 Å². The summed E-state index contributed by atoms with van der Waals surface area (Å²) in [5, 5.41) is 11.3. The van der Waals surface area contributed by atoms with Crippen molar-refractivity contribution in [3.8, 4) is 0 Å². The van der Waals surface area contributed by atoms with Crippen LogP contribution in [0.2, 0.25) is 0 Å². The Kier molecular flexibility index (Phi) is 7.62. The van der Waals surface area contributed by atoms with Crippen molar-refractivity contribution in [3.05, 3.63) is 0 Å². The van der Waals surface area contributed by atoms with Gasteiger partial charge in [0.1, 0.15) is 6.04 Å². The van der Waals surface area contributed by atoms with Crippen LogP contribution in [0.3, 0.4) is 0 Å². The fourth-order valence-electron chi connectivity index (χ4n) is 1.19. The van der Waals surface area contributed by atoms with Crippen LogP contribution in [0.5, 0.6) is 0 Å². The molecular weight excluding hydrogens is 198 g/mol. The number of carboxylic acids is 1. The second kappa shape index (κ2) is 8.23. The zero-order valence-electron chi connectivity index (χ0n) is 9.28. The summed E-state index contributed by atoms with van der Waals surface area (Å²) in [5.74, 6) is -1.20. The number of amides is 1. The summed E-state index contributed by atoms with van der Waals surface area (Å²) in [5.41, 5.74) is 0. The molecule has 0 saturated heterocycles. The largest absolute Gasteiger partial charge is 0.480 e. The molecule has 0 radical (unpaired) electrons. The molecule has 0 rings (SSSR count). The second-order valence-corrected chi connectivity index (χ2v) is 3.34. The van der Waals surface area contributed by atoms with E-state index in [4.69, 9.17) is 9.84 Å². The van der Waals surface area contributed by atoms with Crippen LogP contribution >= 0.6 is 0 Å². The van der Waals surface area contributed by atoms with E-state index in [2.05, 4.69) is 5.32 Å². The van der Waals surface area contributed by atoms with E-state index in [-0.39, 0.29) is 5.91 Å². The lowest BCUT2D eigenvalue weighted by Crippen LogP contribution is -2.40. The van der Waals surface area contributed by atoms with Gasteiger partial charge in [0.2, 0.25) is 5.91 Å². The lowest BCUT2D eigenvalue weighted by atomic mass is 10.1. The highest BCUT2D eigenvalue weighted by Crippen LogP contribution is 1.98. The molecule has 0 aromatic heterocycles. The number of nitrogens with one attached hydrogen (secondary N) is 1. The minimum Gasteiger partial charge on any atom is -0.480 e. The Hall–Kier alpha value is -1.10. The van der Waals surface area contributed by atoms with Crippen LogP contribution in [0.15, 0.2) is 0 Å². The van der Waals surface area contributed by atoms with E-state index in [0.717, 1.165) is 6.42 Å². The number of hydrogen-bond acceptors (Lipinski definition) is 3. The van der Waals surface area contributed by atoms with E-state index in [9.17, 15) is 9.59 Å². The van der Waals surface area contributed by atoms with Gasteiger partial charge in [0.15, 0.2) is 0 Å². The van der Waals surface area contributed by atoms with Crippen molar-refractivity contribution in [1.82, 2.24) is 5.32 Å². The molecule has 0 bridgehead atoms. The van der Waals surface area contributed by atoms with Crippen LogP contribution in [0, 0.1) is 0 Å². The summed E-state index contributed by atoms with van der Waals surface area (Å²) in [7, 11) is 1.56. The number of aliphatic carboxylic acids is 1. The van der Waals surface area contributed by atoms with Crippen LogP contribution in [0.4, 0.5) is 0 Å². The number of ether oxygens (including phenoxy) is 1. The van der Waals surface area contributed by atoms with Gasteiger partial charge in [0.05, 0.1) is 0 Å². The quantitative estimate of drug-likeness (QED) is 0.589.